The van der Waals surface area contributed by atoms with Gasteiger partial charge in [-0.25, -0.2) is 0 Å². The van der Waals surface area contributed by atoms with Gasteiger partial charge in [0.15, 0.2) is 0 Å². The third-order valence-electron chi connectivity index (χ3n) is 2.38. The van der Waals surface area contributed by atoms with Crippen LogP contribution in [0.4, 0.5) is 0 Å². The highest BCUT2D eigenvalue weighted by Crippen LogP contribution is 2.26. The SMILES string of the molecule is COC1CCC(N)(C#N)CC1.Cl. The van der Waals surface area contributed by atoms with Crippen molar-refractivity contribution in [3.8, 4) is 6.07 Å². The fourth-order valence-electron chi connectivity index (χ4n) is 1.45. The van der Waals surface area contributed by atoms with Crippen molar-refractivity contribution in [2.45, 2.75) is 37.3 Å². The van der Waals surface area contributed by atoms with Gasteiger partial charge in [-0.05, 0) is 25.7 Å². The molecule has 1 aliphatic rings. The zero-order valence-corrected chi connectivity index (χ0v) is 8.06. The predicted octanol–water partition coefficient (Wildman–Crippen LogP) is 1.22. The van der Waals surface area contributed by atoms with Crippen LogP contribution in [0, 0.1) is 11.3 Å². The quantitative estimate of drug-likeness (QED) is 0.677. The number of halogens is 1. The van der Waals surface area contributed by atoms with Crippen molar-refractivity contribution >= 4 is 12.4 Å². The molecule has 0 radical (unpaired) electrons. The Morgan fingerprint density at radius 2 is 2.00 bits per heavy atom. The highest BCUT2D eigenvalue weighted by molar-refractivity contribution is 5.85. The first-order valence-electron chi connectivity index (χ1n) is 3.93. The van der Waals surface area contributed by atoms with Crippen LogP contribution in [-0.4, -0.2) is 18.8 Å². The molecule has 12 heavy (non-hydrogen) atoms. The summed E-state index contributed by atoms with van der Waals surface area (Å²) in [6, 6.07) is 2.15. The maximum Gasteiger partial charge on any atom is 0.104 e. The summed E-state index contributed by atoms with van der Waals surface area (Å²) in [5.41, 5.74) is 5.18. The summed E-state index contributed by atoms with van der Waals surface area (Å²) in [5, 5.41) is 8.69. The van der Waals surface area contributed by atoms with Crippen molar-refractivity contribution in [2.24, 2.45) is 5.73 Å². The van der Waals surface area contributed by atoms with Gasteiger partial charge in [0.1, 0.15) is 5.54 Å². The van der Waals surface area contributed by atoms with E-state index in [1.165, 1.54) is 0 Å². The van der Waals surface area contributed by atoms with Crippen LogP contribution in [0.25, 0.3) is 0 Å². The van der Waals surface area contributed by atoms with Gasteiger partial charge in [0.25, 0.3) is 0 Å². The first kappa shape index (κ1) is 11.7. The second kappa shape index (κ2) is 4.66. The van der Waals surface area contributed by atoms with E-state index in [1.54, 1.807) is 7.11 Å². The molecular formula is C8H15ClN2O. The second-order valence-electron chi connectivity index (χ2n) is 3.20. The van der Waals surface area contributed by atoms with E-state index in [0.717, 1.165) is 25.7 Å². The van der Waals surface area contributed by atoms with Gasteiger partial charge >= 0.3 is 0 Å². The number of nitriles is 1. The van der Waals surface area contributed by atoms with Crippen molar-refractivity contribution < 1.29 is 4.74 Å². The average Bonchev–Trinajstić information content (AvgIpc) is 2.06. The molecule has 70 valence electrons. The molecule has 0 aliphatic heterocycles. The molecule has 0 spiro atoms. The Morgan fingerprint density at radius 3 is 2.33 bits per heavy atom. The Balaban J connectivity index is 0.00000121. The third kappa shape index (κ3) is 2.63. The Hall–Kier alpha value is -0.300. The molecule has 0 bridgehead atoms. The minimum Gasteiger partial charge on any atom is -0.381 e. The van der Waals surface area contributed by atoms with E-state index in [-0.39, 0.29) is 12.4 Å². The molecule has 0 atom stereocenters. The van der Waals surface area contributed by atoms with Crippen LogP contribution in [0.2, 0.25) is 0 Å². The minimum absolute atomic E-state index is 0. The van der Waals surface area contributed by atoms with Crippen LogP contribution in [0.5, 0.6) is 0 Å². The number of hydrogen-bond acceptors (Lipinski definition) is 3. The molecule has 1 aliphatic carbocycles. The van der Waals surface area contributed by atoms with Gasteiger partial charge in [-0.3, -0.25) is 0 Å². The zero-order valence-electron chi connectivity index (χ0n) is 7.25. The smallest absolute Gasteiger partial charge is 0.104 e. The molecule has 1 fully saturated rings. The molecule has 4 heteroatoms. The molecule has 0 heterocycles. The molecule has 1 rings (SSSR count). The molecular weight excluding hydrogens is 176 g/mol. The first-order chi connectivity index (χ1) is 5.20. The van der Waals surface area contributed by atoms with Crippen LogP contribution in [0.15, 0.2) is 0 Å². The lowest BCUT2D eigenvalue weighted by atomic mass is 9.82. The summed E-state index contributed by atoms with van der Waals surface area (Å²) in [7, 11) is 1.71. The van der Waals surface area contributed by atoms with Crippen LogP contribution in [-0.2, 0) is 4.74 Å². The molecule has 0 aromatic heterocycles. The van der Waals surface area contributed by atoms with Crippen LogP contribution >= 0.6 is 12.4 Å². The van der Waals surface area contributed by atoms with Crippen molar-refractivity contribution in [3.63, 3.8) is 0 Å². The Labute approximate surface area is 79.3 Å². The lowest BCUT2D eigenvalue weighted by molar-refractivity contribution is 0.0585. The van der Waals surface area contributed by atoms with Crippen LogP contribution in [0.1, 0.15) is 25.7 Å². The third-order valence-corrected chi connectivity index (χ3v) is 2.38. The van der Waals surface area contributed by atoms with Crippen LogP contribution < -0.4 is 5.73 Å². The minimum atomic E-state index is -0.574. The Morgan fingerprint density at radius 1 is 1.50 bits per heavy atom. The molecule has 0 amide bonds. The van der Waals surface area contributed by atoms with Gasteiger partial charge in [0, 0.05) is 7.11 Å². The highest BCUT2D eigenvalue weighted by Gasteiger charge is 2.31. The lowest BCUT2D eigenvalue weighted by Gasteiger charge is -2.30. The van der Waals surface area contributed by atoms with E-state index >= 15 is 0 Å². The van der Waals surface area contributed by atoms with Crippen molar-refractivity contribution in [2.75, 3.05) is 7.11 Å². The van der Waals surface area contributed by atoms with Crippen molar-refractivity contribution in [1.82, 2.24) is 0 Å². The topological polar surface area (TPSA) is 59.0 Å². The monoisotopic (exact) mass is 190 g/mol. The molecule has 1 saturated carbocycles. The number of nitrogens with zero attached hydrogens (tertiary/aromatic N) is 1. The molecule has 0 aromatic rings. The van der Waals surface area contributed by atoms with Gasteiger partial charge < -0.3 is 10.5 Å². The number of nitrogens with two attached hydrogens (primary N) is 1. The molecule has 3 nitrogen and oxygen atoms in total. The Kier molecular flexibility index (Phi) is 4.54. The van der Waals surface area contributed by atoms with E-state index < -0.39 is 5.54 Å². The van der Waals surface area contributed by atoms with Gasteiger partial charge in [-0.1, -0.05) is 0 Å². The summed E-state index contributed by atoms with van der Waals surface area (Å²) >= 11 is 0. The molecule has 2 N–H and O–H groups in total. The molecule has 0 unspecified atom stereocenters. The summed E-state index contributed by atoms with van der Waals surface area (Å²) < 4.78 is 5.16. The van der Waals surface area contributed by atoms with E-state index in [0.29, 0.717) is 6.10 Å². The second-order valence-corrected chi connectivity index (χ2v) is 3.20. The number of ether oxygens (including phenoxy) is 1. The first-order valence-corrected chi connectivity index (χ1v) is 3.93. The summed E-state index contributed by atoms with van der Waals surface area (Å²) in [6.07, 6.45) is 3.69. The van der Waals surface area contributed by atoms with Crippen molar-refractivity contribution in [1.29, 1.82) is 5.26 Å². The maximum absolute atomic E-state index is 8.69. The maximum atomic E-state index is 8.69. The van der Waals surface area contributed by atoms with Gasteiger partial charge in [0.05, 0.1) is 12.2 Å². The molecule has 0 aromatic carbocycles. The largest absolute Gasteiger partial charge is 0.381 e. The van der Waals surface area contributed by atoms with Gasteiger partial charge in [-0.15, -0.1) is 12.4 Å². The number of rotatable bonds is 1. The number of methoxy groups -OCH3 is 1. The average molecular weight is 191 g/mol. The van der Waals surface area contributed by atoms with Crippen molar-refractivity contribution in [3.05, 3.63) is 0 Å². The van der Waals surface area contributed by atoms with Crippen LogP contribution in [0.3, 0.4) is 0 Å². The van der Waals surface area contributed by atoms with E-state index in [2.05, 4.69) is 6.07 Å². The lowest BCUT2D eigenvalue weighted by Crippen LogP contribution is -2.43. The van der Waals surface area contributed by atoms with E-state index in [9.17, 15) is 0 Å². The van der Waals surface area contributed by atoms with E-state index in [4.69, 9.17) is 15.7 Å². The zero-order chi connectivity index (χ0) is 8.32. The highest BCUT2D eigenvalue weighted by atomic mass is 35.5. The Bertz CT molecular complexity index is 170. The van der Waals surface area contributed by atoms with E-state index in [1.807, 2.05) is 0 Å². The fourth-order valence-corrected chi connectivity index (χ4v) is 1.45. The van der Waals surface area contributed by atoms with Gasteiger partial charge in [-0.2, -0.15) is 5.26 Å². The fraction of sp³-hybridized carbons (Fsp3) is 0.875. The summed E-state index contributed by atoms with van der Waals surface area (Å²) in [4.78, 5) is 0. The summed E-state index contributed by atoms with van der Waals surface area (Å²) in [6.45, 7) is 0. The standard InChI is InChI=1S/C8H14N2O.ClH/c1-11-7-2-4-8(10,6-9)5-3-7;/h7H,2-5,10H2,1H3;1H. The summed E-state index contributed by atoms with van der Waals surface area (Å²) in [5.74, 6) is 0. The molecule has 0 saturated heterocycles. The van der Waals surface area contributed by atoms with Gasteiger partial charge in [0.2, 0.25) is 0 Å². The predicted molar refractivity (Wildman–Crippen MR) is 49.0 cm³/mol. The number of hydrogen-bond donors (Lipinski definition) is 1. The normalized spacial score (nSPS) is 34.9.